The highest BCUT2D eigenvalue weighted by atomic mass is 16.5. The summed E-state index contributed by atoms with van der Waals surface area (Å²) >= 11 is 0. The van der Waals surface area contributed by atoms with Crippen LogP contribution in [0.1, 0.15) is 61.6 Å². The molecular weight excluding hydrogens is 504 g/mol. The molecule has 40 heavy (non-hydrogen) atoms. The number of carboxylic acid groups (broad SMARTS) is 1. The molecular formula is C33H36N2O5. The number of hydrogen-bond acceptors (Lipinski definition) is 4. The van der Waals surface area contributed by atoms with E-state index in [0.29, 0.717) is 12.8 Å². The van der Waals surface area contributed by atoms with Crippen LogP contribution in [0, 0.1) is 5.92 Å². The lowest BCUT2D eigenvalue weighted by Gasteiger charge is -2.42. The maximum atomic E-state index is 14.2. The molecule has 0 heterocycles. The fourth-order valence-electron chi connectivity index (χ4n) is 6.33. The van der Waals surface area contributed by atoms with Crippen LogP contribution < -0.4 is 5.32 Å². The van der Waals surface area contributed by atoms with E-state index in [1.54, 1.807) is 4.90 Å². The molecule has 1 fully saturated rings. The number of fused-ring (bicyclic) bond motifs is 3. The number of ether oxygens (including phenoxy) is 1. The minimum absolute atomic E-state index is 0.0611. The van der Waals surface area contributed by atoms with Gasteiger partial charge in [0.05, 0.1) is 6.42 Å². The number of carbonyl (C=O) groups is 3. The van der Waals surface area contributed by atoms with E-state index < -0.39 is 17.6 Å². The van der Waals surface area contributed by atoms with Gasteiger partial charge in [-0.3, -0.25) is 9.59 Å². The summed E-state index contributed by atoms with van der Waals surface area (Å²) in [5.41, 5.74) is 4.30. The predicted molar refractivity (Wildman–Crippen MR) is 153 cm³/mol. The van der Waals surface area contributed by atoms with Crippen LogP contribution in [0.25, 0.3) is 11.1 Å². The van der Waals surface area contributed by atoms with Gasteiger partial charge in [-0.25, -0.2) is 4.79 Å². The van der Waals surface area contributed by atoms with Crippen molar-refractivity contribution in [1.82, 2.24) is 10.2 Å². The molecule has 0 saturated heterocycles. The number of nitrogens with one attached hydrogen (secondary N) is 1. The third-order valence-corrected chi connectivity index (χ3v) is 8.19. The zero-order chi connectivity index (χ0) is 28.1. The molecule has 0 radical (unpaired) electrons. The van der Waals surface area contributed by atoms with Gasteiger partial charge < -0.3 is 20.1 Å². The quantitative estimate of drug-likeness (QED) is 0.348. The highest BCUT2D eigenvalue weighted by Gasteiger charge is 2.46. The Morgan fingerprint density at radius 3 is 2.20 bits per heavy atom. The van der Waals surface area contributed by atoms with Crippen molar-refractivity contribution in [2.75, 3.05) is 13.2 Å². The maximum Gasteiger partial charge on any atom is 0.408 e. The van der Waals surface area contributed by atoms with Gasteiger partial charge in [-0.2, -0.15) is 0 Å². The summed E-state index contributed by atoms with van der Waals surface area (Å²) in [5, 5.41) is 12.3. The first-order valence-corrected chi connectivity index (χ1v) is 14.0. The van der Waals surface area contributed by atoms with Crippen LogP contribution in [0.15, 0.2) is 78.9 Å². The van der Waals surface area contributed by atoms with Gasteiger partial charge in [-0.1, -0.05) is 98.6 Å². The van der Waals surface area contributed by atoms with E-state index >= 15 is 0 Å². The van der Waals surface area contributed by atoms with Crippen LogP contribution in [-0.2, 0) is 20.9 Å². The van der Waals surface area contributed by atoms with Gasteiger partial charge in [0.15, 0.2) is 0 Å². The van der Waals surface area contributed by atoms with Crippen LogP contribution in [0.5, 0.6) is 0 Å². The Morgan fingerprint density at radius 1 is 0.950 bits per heavy atom. The van der Waals surface area contributed by atoms with Gasteiger partial charge in [0, 0.05) is 19.0 Å². The lowest BCUT2D eigenvalue weighted by Crippen LogP contribution is -2.61. The summed E-state index contributed by atoms with van der Waals surface area (Å²) < 4.78 is 5.83. The third-order valence-electron chi connectivity index (χ3n) is 8.19. The van der Waals surface area contributed by atoms with Crippen LogP contribution in [0.2, 0.25) is 0 Å². The zero-order valence-electron chi connectivity index (χ0n) is 22.8. The number of rotatable bonds is 9. The molecule has 3 aromatic rings. The lowest BCUT2D eigenvalue weighted by atomic mass is 9.75. The number of aliphatic carboxylic acids is 1. The molecule has 2 atom stereocenters. The molecule has 2 amide bonds. The third kappa shape index (κ3) is 5.88. The first kappa shape index (κ1) is 27.4. The molecule has 7 heteroatoms. The van der Waals surface area contributed by atoms with E-state index in [1.165, 1.54) is 0 Å². The molecule has 3 aromatic carbocycles. The van der Waals surface area contributed by atoms with Crippen molar-refractivity contribution in [2.45, 2.75) is 57.0 Å². The van der Waals surface area contributed by atoms with E-state index in [4.69, 9.17) is 4.74 Å². The van der Waals surface area contributed by atoms with Gasteiger partial charge in [-0.05, 0) is 46.6 Å². The predicted octanol–water partition coefficient (Wildman–Crippen LogP) is 5.98. The first-order chi connectivity index (χ1) is 19.4. The fourth-order valence-corrected chi connectivity index (χ4v) is 6.33. The van der Waals surface area contributed by atoms with Gasteiger partial charge in [0.2, 0.25) is 5.91 Å². The lowest BCUT2D eigenvalue weighted by molar-refractivity contribution is -0.143. The fraction of sp³-hybridized carbons (Fsp3) is 0.364. The molecule has 0 aliphatic heterocycles. The molecule has 2 aliphatic carbocycles. The Hall–Kier alpha value is -4.13. The van der Waals surface area contributed by atoms with Crippen molar-refractivity contribution >= 4 is 18.0 Å². The molecule has 0 spiro atoms. The smallest absolute Gasteiger partial charge is 0.408 e. The molecule has 0 bridgehead atoms. The SMILES string of the molecule is CC1CCCC(NC(=O)OCC2c3ccccc3-c3ccccc32)(C(=O)N(CCC(=O)O)Cc2ccccc2)C1. The normalized spacial score (nSPS) is 19.8. The van der Waals surface area contributed by atoms with Crippen molar-refractivity contribution in [2.24, 2.45) is 5.92 Å². The van der Waals surface area contributed by atoms with Crippen molar-refractivity contribution in [3.8, 4) is 11.1 Å². The number of hydrogen-bond donors (Lipinski definition) is 2. The van der Waals surface area contributed by atoms with E-state index in [1.807, 2.05) is 54.6 Å². The summed E-state index contributed by atoms with van der Waals surface area (Å²) in [6.07, 6.45) is 1.92. The van der Waals surface area contributed by atoms with E-state index in [2.05, 4.69) is 36.5 Å². The van der Waals surface area contributed by atoms with Crippen molar-refractivity contribution in [3.63, 3.8) is 0 Å². The van der Waals surface area contributed by atoms with Gasteiger partial charge in [0.1, 0.15) is 12.1 Å². The Balaban J connectivity index is 1.35. The summed E-state index contributed by atoms with van der Waals surface area (Å²) in [7, 11) is 0. The van der Waals surface area contributed by atoms with Crippen molar-refractivity contribution in [1.29, 1.82) is 0 Å². The van der Waals surface area contributed by atoms with Crippen LogP contribution >= 0.6 is 0 Å². The molecule has 0 aromatic heterocycles. The average Bonchev–Trinajstić information content (AvgIpc) is 3.28. The van der Waals surface area contributed by atoms with E-state index in [9.17, 15) is 19.5 Å². The molecule has 2 N–H and O–H groups in total. The summed E-state index contributed by atoms with van der Waals surface area (Å²) in [5.74, 6) is -1.08. The van der Waals surface area contributed by atoms with Crippen molar-refractivity contribution in [3.05, 3.63) is 95.6 Å². The van der Waals surface area contributed by atoms with E-state index in [0.717, 1.165) is 40.7 Å². The van der Waals surface area contributed by atoms with Gasteiger partial charge >= 0.3 is 12.1 Å². The molecule has 2 unspecified atom stereocenters. The second kappa shape index (κ2) is 11.9. The summed E-state index contributed by atoms with van der Waals surface area (Å²) in [4.78, 5) is 40.5. The minimum Gasteiger partial charge on any atom is -0.481 e. The number of nitrogens with zero attached hydrogens (tertiary/aromatic N) is 1. The molecule has 208 valence electrons. The number of alkyl carbamates (subject to hydrolysis) is 1. The summed E-state index contributed by atoms with van der Waals surface area (Å²) in [6, 6.07) is 25.8. The topological polar surface area (TPSA) is 95.9 Å². The van der Waals surface area contributed by atoms with Crippen molar-refractivity contribution < 1.29 is 24.2 Å². The van der Waals surface area contributed by atoms with Gasteiger partial charge in [-0.15, -0.1) is 0 Å². The van der Waals surface area contributed by atoms with E-state index in [-0.39, 0.29) is 43.9 Å². The number of carboxylic acids is 1. The maximum absolute atomic E-state index is 14.2. The standard InChI is InChI=1S/C33H36N2O5/c1-23-10-9-18-33(20-23,31(38)35(19-17-30(36)37)21-24-11-3-2-4-12-24)34-32(39)40-22-29-27-15-7-5-13-25(27)26-14-6-8-16-28(26)29/h2-8,11-16,23,29H,9-10,17-22H2,1H3,(H,34,39)(H,36,37). The first-order valence-electron chi connectivity index (χ1n) is 14.0. The highest BCUT2D eigenvalue weighted by molar-refractivity contribution is 5.90. The second-order valence-electron chi connectivity index (χ2n) is 11.1. The Kier molecular flexibility index (Phi) is 8.19. The number of benzene rings is 3. The largest absolute Gasteiger partial charge is 0.481 e. The van der Waals surface area contributed by atoms with Crippen LogP contribution in [0.3, 0.4) is 0 Å². The Morgan fingerprint density at radius 2 is 1.57 bits per heavy atom. The molecule has 7 nitrogen and oxygen atoms in total. The molecule has 5 rings (SSSR count). The highest BCUT2D eigenvalue weighted by Crippen LogP contribution is 2.44. The average molecular weight is 541 g/mol. The number of amides is 2. The number of carbonyl (C=O) groups excluding carboxylic acids is 2. The monoisotopic (exact) mass is 540 g/mol. The second-order valence-corrected chi connectivity index (χ2v) is 11.1. The Labute approximate surface area is 235 Å². The molecule has 2 aliphatic rings. The van der Waals surface area contributed by atoms with Crippen LogP contribution in [0.4, 0.5) is 4.79 Å². The van der Waals surface area contributed by atoms with Gasteiger partial charge in [0.25, 0.3) is 0 Å². The molecule has 1 saturated carbocycles. The summed E-state index contributed by atoms with van der Waals surface area (Å²) in [6.45, 7) is 2.58. The zero-order valence-corrected chi connectivity index (χ0v) is 22.8. The minimum atomic E-state index is -1.15. The Bertz CT molecular complexity index is 1330. The van der Waals surface area contributed by atoms with Crippen LogP contribution in [-0.4, -0.2) is 46.7 Å².